The maximum atomic E-state index is 12.0. The molecule has 0 radical (unpaired) electrons. The molecule has 1 fully saturated rings. The van der Waals surface area contributed by atoms with Gasteiger partial charge in [-0.1, -0.05) is 30.7 Å². The average molecular weight is 225 g/mol. The molecule has 1 heterocycles. The standard InChI is InChI=1S/C15H15NO/c17-14-8-4-3-7-13(14)15-12-6-2-1-5-11(12)9-10-16-15/h1-2,5-6,9-10,13H,3-4,7-8H2. The van der Waals surface area contributed by atoms with E-state index in [1.165, 1.54) is 5.39 Å². The maximum absolute atomic E-state index is 12.0. The molecule has 0 bridgehead atoms. The highest BCUT2D eigenvalue weighted by molar-refractivity contribution is 5.92. The molecule has 0 N–H and O–H groups in total. The first-order valence-electron chi connectivity index (χ1n) is 6.22. The van der Waals surface area contributed by atoms with E-state index < -0.39 is 0 Å². The molecule has 1 unspecified atom stereocenters. The molecular formula is C15H15NO. The number of rotatable bonds is 1. The largest absolute Gasteiger partial charge is 0.299 e. The number of hydrogen-bond donors (Lipinski definition) is 0. The van der Waals surface area contributed by atoms with E-state index in [1.54, 1.807) is 0 Å². The molecule has 3 rings (SSSR count). The highest BCUT2D eigenvalue weighted by atomic mass is 16.1. The molecule has 1 aromatic heterocycles. The Morgan fingerprint density at radius 1 is 1.12 bits per heavy atom. The SMILES string of the molecule is O=C1CCCCC1c1nccc2ccccc12. The van der Waals surface area contributed by atoms with Gasteiger partial charge < -0.3 is 0 Å². The first kappa shape index (κ1) is 10.5. The van der Waals surface area contributed by atoms with Crippen molar-refractivity contribution in [1.82, 2.24) is 4.98 Å². The fourth-order valence-electron chi connectivity index (χ4n) is 2.69. The van der Waals surface area contributed by atoms with Crippen LogP contribution in [-0.4, -0.2) is 10.8 Å². The predicted molar refractivity (Wildman–Crippen MR) is 68.0 cm³/mol. The van der Waals surface area contributed by atoms with Crippen LogP contribution in [0.3, 0.4) is 0 Å². The summed E-state index contributed by atoms with van der Waals surface area (Å²) < 4.78 is 0. The molecule has 0 aliphatic heterocycles. The van der Waals surface area contributed by atoms with Crippen molar-refractivity contribution in [1.29, 1.82) is 0 Å². The highest BCUT2D eigenvalue weighted by Gasteiger charge is 2.26. The number of pyridine rings is 1. The summed E-state index contributed by atoms with van der Waals surface area (Å²) in [6, 6.07) is 10.2. The molecule has 1 aliphatic rings. The van der Waals surface area contributed by atoms with Crippen LogP contribution in [0, 0.1) is 0 Å². The molecule has 86 valence electrons. The molecule has 1 aliphatic carbocycles. The maximum Gasteiger partial charge on any atom is 0.141 e. The minimum Gasteiger partial charge on any atom is -0.299 e. The minimum atomic E-state index is 0.0230. The van der Waals surface area contributed by atoms with Gasteiger partial charge in [-0.2, -0.15) is 0 Å². The Morgan fingerprint density at radius 2 is 2.00 bits per heavy atom. The first-order valence-corrected chi connectivity index (χ1v) is 6.22. The number of nitrogens with zero attached hydrogens (tertiary/aromatic N) is 1. The number of carbonyl (C=O) groups is 1. The van der Waals surface area contributed by atoms with E-state index in [0.717, 1.165) is 36.8 Å². The van der Waals surface area contributed by atoms with Gasteiger partial charge >= 0.3 is 0 Å². The van der Waals surface area contributed by atoms with Crippen molar-refractivity contribution in [2.45, 2.75) is 31.6 Å². The quantitative estimate of drug-likeness (QED) is 0.744. The monoisotopic (exact) mass is 225 g/mol. The number of ketones is 1. The van der Waals surface area contributed by atoms with Crippen molar-refractivity contribution in [2.75, 3.05) is 0 Å². The highest BCUT2D eigenvalue weighted by Crippen LogP contribution is 2.32. The van der Waals surface area contributed by atoms with Crippen LogP contribution >= 0.6 is 0 Å². The number of hydrogen-bond acceptors (Lipinski definition) is 2. The molecule has 0 saturated heterocycles. The molecule has 0 spiro atoms. The Balaban J connectivity index is 2.13. The Hall–Kier alpha value is -1.70. The summed E-state index contributed by atoms with van der Waals surface area (Å²) >= 11 is 0. The Morgan fingerprint density at radius 3 is 2.88 bits per heavy atom. The van der Waals surface area contributed by atoms with Gasteiger partial charge in [0.1, 0.15) is 5.78 Å². The third kappa shape index (κ3) is 1.84. The lowest BCUT2D eigenvalue weighted by Gasteiger charge is -2.21. The van der Waals surface area contributed by atoms with Crippen LogP contribution in [0.25, 0.3) is 10.8 Å². The summed E-state index contributed by atoms with van der Waals surface area (Å²) in [7, 11) is 0. The van der Waals surface area contributed by atoms with E-state index in [0.29, 0.717) is 5.78 Å². The summed E-state index contributed by atoms with van der Waals surface area (Å²) in [6.45, 7) is 0. The van der Waals surface area contributed by atoms with Crippen molar-refractivity contribution in [3.63, 3.8) is 0 Å². The summed E-state index contributed by atoms with van der Waals surface area (Å²) in [5, 5.41) is 2.31. The average Bonchev–Trinajstić information content (AvgIpc) is 2.39. The molecule has 1 saturated carbocycles. The second-order valence-electron chi connectivity index (χ2n) is 4.68. The van der Waals surface area contributed by atoms with Gasteiger partial charge in [-0.15, -0.1) is 0 Å². The van der Waals surface area contributed by atoms with E-state index in [2.05, 4.69) is 17.1 Å². The summed E-state index contributed by atoms with van der Waals surface area (Å²) in [5.74, 6) is 0.384. The van der Waals surface area contributed by atoms with E-state index in [4.69, 9.17) is 0 Å². The molecular weight excluding hydrogens is 210 g/mol. The Labute approximate surface area is 101 Å². The molecule has 2 heteroatoms. The zero-order chi connectivity index (χ0) is 11.7. The van der Waals surface area contributed by atoms with Crippen molar-refractivity contribution in [3.05, 3.63) is 42.2 Å². The second kappa shape index (κ2) is 4.28. The lowest BCUT2D eigenvalue weighted by Crippen LogP contribution is -2.18. The van der Waals surface area contributed by atoms with Crippen LogP contribution in [0.4, 0.5) is 0 Å². The van der Waals surface area contributed by atoms with Gasteiger partial charge in [-0.05, 0) is 24.3 Å². The Kier molecular flexibility index (Phi) is 2.63. The number of carbonyl (C=O) groups excluding carboxylic acids is 1. The topological polar surface area (TPSA) is 30.0 Å². The Bertz CT molecular complexity index is 556. The van der Waals surface area contributed by atoms with Crippen LogP contribution < -0.4 is 0 Å². The van der Waals surface area contributed by atoms with E-state index >= 15 is 0 Å². The third-order valence-electron chi connectivity index (χ3n) is 3.59. The van der Waals surface area contributed by atoms with Gasteiger partial charge in [0.2, 0.25) is 0 Å². The minimum absolute atomic E-state index is 0.0230. The molecule has 17 heavy (non-hydrogen) atoms. The lowest BCUT2D eigenvalue weighted by atomic mass is 9.84. The lowest BCUT2D eigenvalue weighted by molar-refractivity contribution is -0.121. The van der Waals surface area contributed by atoms with Crippen molar-refractivity contribution >= 4 is 16.6 Å². The normalized spacial score (nSPS) is 20.7. The van der Waals surface area contributed by atoms with Crippen molar-refractivity contribution in [3.8, 4) is 0 Å². The number of aromatic nitrogens is 1. The van der Waals surface area contributed by atoms with E-state index in [-0.39, 0.29) is 5.92 Å². The number of Topliss-reactive ketones (excluding diaryl/α,β-unsaturated/α-hetero) is 1. The molecule has 1 aromatic carbocycles. The van der Waals surface area contributed by atoms with Crippen LogP contribution in [0.2, 0.25) is 0 Å². The fourth-order valence-corrected chi connectivity index (χ4v) is 2.69. The van der Waals surface area contributed by atoms with E-state index in [1.807, 2.05) is 24.4 Å². The smallest absolute Gasteiger partial charge is 0.141 e. The summed E-state index contributed by atoms with van der Waals surface area (Å²) in [4.78, 5) is 16.5. The fraction of sp³-hybridized carbons (Fsp3) is 0.333. The predicted octanol–water partition coefficient (Wildman–Crippen LogP) is 3.46. The van der Waals surface area contributed by atoms with Gasteiger partial charge in [-0.25, -0.2) is 0 Å². The third-order valence-corrected chi connectivity index (χ3v) is 3.59. The van der Waals surface area contributed by atoms with Crippen LogP contribution in [0.15, 0.2) is 36.5 Å². The van der Waals surface area contributed by atoms with Crippen LogP contribution in [-0.2, 0) is 4.79 Å². The van der Waals surface area contributed by atoms with Gasteiger partial charge in [0.15, 0.2) is 0 Å². The number of fused-ring (bicyclic) bond motifs is 1. The first-order chi connectivity index (χ1) is 8.36. The molecule has 1 atom stereocenters. The summed E-state index contributed by atoms with van der Waals surface area (Å²) in [5.41, 5.74) is 0.979. The van der Waals surface area contributed by atoms with E-state index in [9.17, 15) is 4.79 Å². The van der Waals surface area contributed by atoms with Crippen LogP contribution in [0.1, 0.15) is 37.3 Å². The van der Waals surface area contributed by atoms with Gasteiger partial charge in [0, 0.05) is 18.0 Å². The molecule has 2 aromatic rings. The van der Waals surface area contributed by atoms with Gasteiger partial charge in [0.25, 0.3) is 0 Å². The summed E-state index contributed by atoms with van der Waals surface area (Å²) in [6.07, 6.45) is 5.68. The zero-order valence-corrected chi connectivity index (χ0v) is 9.73. The van der Waals surface area contributed by atoms with Gasteiger partial charge in [0.05, 0.1) is 11.6 Å². The van der Waals surface area contributed by atoms with Crippen molar-refractivity contribution < 1.29 is 4.79 Å². The van der Waals surface area contributed by atoms with Crippen LogP contribution in [0.5, 0.6) is 0 Å². The van der Waals surface area contributed by atoms with Gasteiger partial charge in [-0.3, -0.25) is 9.78 Å². The zero-order valence-electron chi connectivity index (χ0n) is 9.73. The number of benzene rings is 1. The van der Waals surface area contributed by atoms with Crippen molar-refractivity contribution in [2.24, 2.45) is 0 Å². The second-order valence-corrected chi connectivity index (χ2v) is 4.68. The molecule has 2 nitrogen and oxygen atoms in total. The molecule has 0 amide bonds.